The number of sulfonamides is 1. The van der Waals surface area contributed by atoms with Crippen LogP contribution >= 0.6 is 0 Å². The van der Waals surface area contributed by atoms with Gasteiger partial charge in [-0.25, -0.2) is 21.6 Å². The van der Waals surface area contributed by atoms with E-state index in [1.54, 1.807) is 12.1 Å². The molecule has 3 N–H and O–H groups in total. The molecule has 0 aliphatic heterocycles. The molecule has 11 heteroatoms. The summed E-state index contributed by atoms with van der Waals surface area (Å²) >= 11 is 0. The van der Waals surface area contributed by atoms with Gasteiger partial charge in [0.1, 0.15) is 4.90 Å². The molecular formula is C18H17N3O6S2. The van der Waals surface area contributed by atoms with Crippen LogP contribution in [-0.2, 0) is 31.1 Å². The van der Waals surface area contributed by atoms with E-state index in [-0.39, 0.29) is 21.9 Å². The third kappa shape index (κ3) is 4.63. The number of nitrogens with one attached hydrogen (secondary N) is 2. The van der Waals surface area contributed by atoms with E-state index in [4.69, 9.17) is 5.11 Å². The minimum absolute atomic E-state index is 0.214. The average molecular weight is 435 g/mol. The maximum absolute atomic E-state index is 12.8. The first-order valence-corrected chi connectivity index (χ1v) is 11.6. The number of carbonyl (C=O) groups is 1. The standard InChI is InChI=1S/C18H17N3O6S2/c1-28(24,25)16-6-2-3-7-17(16)29(26,27)21-12-9-10-15-13(11-12)14(19-20-15)5-4-8-18(22)23/h2-4,6-11,21H,5H2,1H3,(H,19,20)(H,22,23)/b8-4+. The van der Waals surface area contributed by atoms with Crippen molar-refractivity contribution in [3.63, 3.8) is 0 Å². The quantitative estimate of drug-likeness (QED) is 0.481. The topological polar surface area (TPSA) is 146 Å². The van der Waals surface area contributed by atoms with Gasteiger partial charge in [0.2, 0.25) is 0 Å². The van der Waals surface area contributed by atoms with Crippen molar-refractivity contribution in [2.75, 3.05) is 11.0 Å². The molecule has 0 saturated heterocycles. The fourth-order valence-corrected chi connectivity index (χ4v) is 5.43. The van der Waals surface area contributed by atoms with Crippen LogP contribution in [0.2, 0.25) is 0 Å². The lowest BCUT2D eigenvalue weighted by Crippen LogP contribution is -2.16. The van der Waals surface area contributed by atoms with Gasteiger partial charge in [-0.1, -0.05) is 18.2 Å². The Morgan fingerprint density at radius 3 is 2.48 bits per heavy atom. The summed E-state index contributed by atoms with van der Waals surface area (Å²) in [5.74, 6) is -1.08. The number of rotatable bonds is 7. The maximum Gasteiger partial charge on any atom is 0.327 e. The number of hydrogen-bond donors (Lipinski definition) is 3. The molecule has 29 heavy (non-hydrogen) atoms. The van der Waals surface area contributed by atoms with Crippen molar-refractivity contribution in [1.29, 1.82) is 0 Å². The van der Waals surface area contributed by atoms with Crippen molar-refractivity contribution in [3.05, 3.63) is 60.3 Å². The van der Waals surface area contributed by atoms with Gasteiger partial charge < -0.3 is 5.11 Å². The van der Waals surface area contributed by atoms with E-state index in [1.165, 1.54) is 36.4 Å². The van der Waals surface area contributed by atoms with Crippen molar-refractivity contribution in [3.8, 4) is 0 Å². The van der Waals surface area contributed by atoms with Crippen LogP contribution < -0.4 is 4.72 Å². The molecule has 0 aliphatic carbocycles. The molecule has 0 fully saturated rings. The van der Waals surface area contributed by atoms with Gasteiger partial charge in [-0.05, 0) is 30.3 Å². The van der Waals surface area contributed by atoms with Gasteiger partial charge in [-0.15, -0.1) is 0 Å². The lowest BCUT2D eigenvalue weighted by atomic mass is 10.1. The van der Waals surface area contributed by atoms with E-state index in [0.717, 1.165) is 12.3 Å². The number of aromatic nitrogens is 2. The molecule has 1 aromatic heterocycles. The summed E-state index contributed by atoms with van der Waals surface area (Å²) < 4.78 is 51.9. The van der Waals surface area contributed by atoms with Crippen molar-refractivity contribution in [1.82, 2.24) is 10.2 Å². The second kappa shape index (κ2) is 7.68. The number of hydrogen-bond acceptors (Lipinski definition) is 6. The van der Waals surface area contributed by atoms with Crippen LogP contribution in [0.5, 0.6) is 0 Å². The normalized spacial score (nSPS) is 12.4. The van der Waals surface area contributed by atoms with E-state index in [0.29, 0.717) is 16.6 Å². The summed E-state index contributed by atoms with van der Waals surface area (Å²) in [6.07, 6.45) is 3.64. The van der Waals surface area contributed by atoms with Crippen molar-refractivity contribution < 1.29 is 26.7 Å². The number of carboxylic acids is 1. The number of nitrogens with zero attached hydrogens (tertiary/aromatic N) is 1. The molecule has 0 spiro atoms. The number of aliphatic carboxylic acids is 1. The smallest absolute Gasteiger partial charge is 0.327 e. The van der Waals surface area contributed by atoms with Gasteiger partial charge in [-0.2, -0.15) is 5.10 Å². The molecule has 2 aromatic carbocycles. The monoisotopic (exact) mass is 435 g/mol. The average Bonchev–Trinajstić information content (AvgIpc) is 3.03. The van der Waals surface area contributed by atoms with Crippen molar-refractivity contribution in [2.24, 2.45) is 0 Å². The first-order valence-electron chi connectivity index (χ1n) is 8.26. The minimum atomic E-state index is -4.17. The maximum atomic E-state index is 12.8. The lowest BCUT2D eigenvalue weighted by Gasteiger charge is -2.11. The highest BCUT2D eigenvalue weighted by Crippen LogP contribution is 2.26. The summed E-state index contributed by atoms with van der Waals surface area (Å²) in [7, 11) is -7.92. The second-order valence-corrected chi connectivity index (χ2v) is 9.84. The zero-order chi connectivity index (χ0) is 21.2. The lowest BCUT2D eigenvalue weighted by molar-refractivity contribution is -0.131. The molecule has 0 saturated carbocycles. The molecule has 9 nitrogen and oxygen atoms in total. The van der Waals surface area contributed by atoms with Gasteiger partial charge in [0, 0.05) is 35.5 Å². The van der Waals surface area contributed by atoms with Gasteiger partial charge in [0.25, 0.3) is 10.0 Å². The largest absolute Gasteiger partial charge is 0.478 e. The van der Waals surface area contributed by atoms with E-state index in [1.807, 2.05) is 0 Å². The first kappa shape index (κ1) is 20.6. The molecule has 1 heterocycles. The van der Waals surface area contributed by atoms with Gasteiger partial charge in [0.15, 0.2) is 9.84 Å². The van der Waals surface area contributed by atoms with Gasteiger partial charge >= 0.3 is 5.97 Å². The Morgan fingerprint density at radius 2 is 1.83 bits per heavy atom. The number of allylic oxidation sites excluding steroid dienone is 1. The molecule has 0 unspecified atom stereocenters. The molecule has 0 atom stereocenters. The highest BCUT2D eigenvalue weighted by molar-refractivity contribution is 7.95. The Hall–Kier alpha value is -3.18. The van der Waals surface area contributed by atoms with E-state index >= 15 is 0 Å². The zero-order valence-corrected chi connectivity index (χ0v) is 16.8. The molecule has 3 rings (SSSR count). The number of anilines is 1. The highest BCUT2D eigenvalue weighted by Gasteiger charge is 2.23. The van der Waals surface area contributed by atoms with Crippen LogP contribution in [0.25, 0.3) is 10.9 Å². The Labute approximate surface area is 167 Å². The fraction of sp³-hybridized carbons (Fsp3) is 0.111. The SMILES string of the molecule is CS(=O)(=O)c1ccccc1S(=O)(=O)Nc1ccc2n[nH]c(C/C=C/C(=O)O)c2c1. The van der Waals surface area contributed by atoms with E-state index in [9.17, 15) is 21.6 Å². The number of benzene rings is 2. The molecule has 152 valence electrons. The van der Waals surface area contributed by atoms with Crippen LogP contribution in [0.1, 0.15) is 5.69 Å². The Kier molecular flexibility index (Phi) is 5.44. The third-order valence-electron chi connectivity index (χ3n) is 4.01. The van der Waals surface area contributed by atoms with Crippen molar-refractivity contribution in [2.45, 2.75) is 16.2 Å². The molecule has 0 amide bonds. The Bertz CT molecular complexity index is 1320. The molecular weight excluding hydrogens is 418 g/mol. The van der Waals surface area contributed by atoms with E-state index < -0.39 is 25.8 Å². The molecule has 0 radical (unpaired) electrons. The van der Waals surface area contributed by atoms with E-state index in [2.05, 4.69) is 14.9 Å². The molecule has 0 bridgehead atoms. The zero-order valence-electron chi connectivity index (χ0n) is 15.2. The summed E-state index contributed by atoms with van der Waals surface area (Å²) in [4.78, 5) is 9.96. The summed E-state index contributed by atoms with van der Waals surface area (Å²) in [6.45, 7) is 0. The predicted octanol–water partition coefficient (Wildman–Crippen LogP) is 1.95. The van der Waals surface area contributed by atoms with Crippen LogP contribution in [0.15, 0.2) is 64.4 Å². The number of carboxylic acid groups (broad SMARTS) is 1. The number of aromatic amines is 1. The third-order valence-corrected chi connectivity index (χ3v) is 6.73. The molecule has 3 aromatic rings. The van der Waals surface area contributed by atoms with Crippen LogP contribution in [0.4, 0.5) is 5.69 Å². The number of H-pyrrole nitrogens is 1. The highest BCUT2D eigenvalue weighted by atomic mass is 32.2. The summed E-state index contributed by atoms with van der Waals surface area (Å²) in [6, 6.07) is 9.98. The van der Waals surface area contributed by atoms with Crippen molar-refractivity contribution >= 4 is 42.4 Å². The Morgan fingerprint density at radius 1 is 1.14 bits per heavy atom. The van der Waals surface area contributed by atoms with Crippen LogP contribution in [0, 0.1) is 0 Å². The van der Waals surface area contributed by atoms with Crippen LogP contribution in [0.3, 0.4) is 0 Å². The number of fused-ring (bicyclic) bond motifs is 1. The second-order valence-electron chi connectivity index (χ2n) is 6.20. The van der Waals surface area contributed by atoms with Gasteiger partial charge in [0.05, 0.1) is 10.4 Å². The van der Waals surface area contributed by atoms with Gasteiger partial charge in [-0.3, -0.25) is 9.82 Å². The van der Waals surface area contributed by atoms with Crippen LogP contribution in [-0.4, -0.2) is 44.4 Å². The number of sulfone groups is 1. The minimum Gasteiger partial charge on any atom is -0.478 e. The predicted molar refractivity (Wildman–Crippen MR) is 107 cm³/mol. The summed E-state index contributed by atoms with van der Waals surface area (Å²) in [5, 5.41) is 16.2. The first-order chi connectivity index (χ1) is 13.6. The summed E-state index contributed by atoms with van der Waals surface area (Å²) in [5.41, 5.74) is 1.39. The molecule has 0 aliphatic rings. The fourth-order valence-electron chi connectivity index (χ4n) is 2.75. The Balaban J connectivity index is 1.97.